The second kappa shape index (κ2) is 2.51. The maximum atomic E-state index is 11.5. The maximum absolute atomic E-state index is 11.5. The van der Waals surface area contributed by atoms with E-state index in [2.05, 4.69) is 0 Å². The number of urea groups is 1. The summed E-state index contributed by atoms with van der Waals surface area (Å²) in [5.74, 6) is 0. The number of hydrogen-bond donors (Lipinski definition) is 0. The number of allylic oxidation sites excluding steroid dienone is 2. The van der Waals surface area contributed by atoms with E-state index in [1.54, 1.807) is 19.0 Å². The number of rotatable bonds is 0. The Kier molecular flexibility index (Phi) is 1.83. The Labute approximate surface area is 66.8 Å². The number of nitrogens with zero attached hydrogens (tertiary/aromatic N) is 2. The molecule has 0 saturated carbocycles. The molecule has 0 fully saturated rings. The van der Waals surface area contributed by atoms with Crippen LogP contribution in [0.5, 0.6) is 0 Å². The second-order valence-corrected chi connectivity index (χ2v) is 3.01. The van der Waals surface area contributed by atoms with Gasteiger partial charge in [0.25, 0.3) is 0 Å². The molecule has 0 bridgehead atoms. The first-order valence-electron chi connectivity index (χ1n) is 3.51. The van der Waals surface area contributed by atoms with Gasteiger partial charge in [-0.15, -0.1) is 0 Å². The van der Waals surface area contributed by atoms with Crippen molar-refractivity contribution < 1.29 is 9.28 Å². The average molecular weight is 153 g/mol. The van der Waals surface area contributed by atoms with Crippen LogP contribution in [-0.4, -0.2) is 36.6 Å². The lowest BCUT2D eigenvalue weighted by Crippen LogP contribution is -2.44. The lowest BCUT2D eigenvalue weighted by atomic mass is 10.6. The van der Waals surface area contributed by atoms with Crippen molar-refractivity contribution >= 4 is 6.03 Å². The lowest BCUT2D eigenvalue weighted by molar-refractivity contribution is -0.720. The van der Waals surface area contributed by atoms with E-state index in [1.807, 2.05) is 31.6 Å². The van der Waals surface area contributed by atoms with Crippen molar-refractivity contribution in [2.45, 2.75) is 0 Å². The van der Waals surface area contributed by atoms with Crippen LogP contribution in [0.15, 0.2) is 24.6 Å². The molecule has 0 atom stereocenters. The highest BCUT2D eigenvalue weighted by Gasteiger charge is 2.30. The fraction of sp³-hybridized carbons (Fsp3) is 0.375. The summed E-state index contributed by atoms with van der Waals surface area (Å²) in [5.41, 5.74) is 0. The van der Waals surface area contributed by atoms with Crippen LogP contribution in [0.4, 0.5) is 4.79 Å². The number of carbonyl (C=O) groups is 1. The molecule has 1 rings (SSSR count). The molecule has 60 valence electrons. The molecule has 0 saturated heterocycles. The van der Waals surface area contributed by atoms with E-state index in [0.717, 1.165) is 0 Å². The summed E-state index contributed by atoms with van der Waals surface area (Å²) in [5, 5.41) is 0. The fourth-order valence-electron chi connectivity index (χ4n) is 1.07. The molecule has 0 radical (unpaired) electrons. The topological polar surface area (TPSA) is 20.3 Å². The van der Waals surface area contributed by atoms with Crippen molar-refractivity contribution in [2.24, 2.45) is 0 Å². The molecule has 0 unspecified atom stereocenters. The van der Waals surface area contributed by atoms with E-state index in [1.165, 1.54) is 0 Å². The molecule has 1 aliphatic rings. The second-order valence-electron chi connectivity index (χ2n) is 3.01. The largest absolute Gasteiger partial charge is 0.427 e. The highest BCUT2D eigenvalue weighted by molar-refractivity contribution is 5.68. The van der Waals surface area contributed by atoms with Gasteiger partial charge < -0.3 is 0 Å². The quantitative estimate of drug-likeness (QED) is 0.478. The monoisotopic (exact) mass is 153 g/mol. The van der Waals surface area contributed by atoms with Crippen LogP contribution in [0.25, 0.3) is 0 Å². The number of amides is 2. The predicted molar refractivity (Wildman–Crippen MR) is 43.5 cm³/mol. The molecule has 3 heteroatoms. The van der Waals surface area contributed by atoms with Gasteiger partial charge in [-0.3, -0.25) is 4.90 Å². The lowest BCUT2D eigenvalue weighted by Gasteiger charge is -2.23. The highest BCUT2D eigenvalue weighted by atomic mass is 16.2. The molecule has 3 nitrogen and oxygen atoms in total. The van der Waals surface area contributed by atoms with Crippen molar-refractivity contribution in [3.05, 3.63) is 24.6 Å². The number of hydrogen-bond acceptors (Lipinski definition) is 1. The number of carbonyl (C=O) groups excluding carboxylic acids is 1. The fourth-order valence-corrected chi connectivity index (χ4v) is 1.07. The summed E-state index contributed by atoms with van der Waals surface area (Å²) < 4.78 is 0.243. The van der Waals surface area contributed by atoms with Crippen LogP contribution in [0.3, 0.4) is 0 Å². The molecule has 11 heavy (non-hydrogen) atoms. The first-order chi connectivity index (χ1) is 5.06. The summed E-state index contributed by atoms with van der Waals surface area (Å²) in [4.78, 5) is 13.0. The van der Waals surface area contributed by atoms with Crippen LogP contribution in [0.1, 0.15) is 0 Å². The van der Waals surface area contributed by atoms with Crippen LogP contribution < -0.4 is 0 Å². The standard InChI is InChI=1S/C8H13N2O/c1-9(2)8(11)10(3)6-4-5-7-10/h4-7H,1-3H3/q+1. The minimum atomic E-state index is 0.0648. The van der Waals surface area contributed by atoms with Gasteiger partial charge in [0.1, 0.15) is 12.4 Å². The van der Waals surface area contributed by atoms with Gasteiger partial charge in [-0.05, 0) is 12.2 Å². The van der Waals surface area contributed by atoms with Crippen molar-refractivity contribution in [1.29, 1.82) is 0 Å². The van der Waals surface area contributed by atoms with Crippen molar-refractivity contribution in [3.8, 4) is 0 Å². The third-order valence-corrected chi connectivity index (χ3v) is 1.70. The maximum Gasteiger partial charge on any atom is 0.427 e. The summed E-state index contributed by atoms with van der Waals surface area (Å²) in [7, 11) is 5.36. The Hall–Kier alpha value is -1.09. The smallest absolute Gasteiger partial charge is 0.298 e. The molecular formula is C8H13N2O+. The minimum Gasteiger partial charge on any atom is -0.298 e. The van der Waals surface area contributed by atoms with E-state index in [9.17, 15) is 4.79 Å². The van der Waals surface area contributed by atoms with E-state index < -0.39 is 0 Å². The first-order valence-corrected chi connectivity index (χ1v) is 3.51. The summed E-state index contributed by atoms with van der Waals surface area (Å²) in [6.07, 6.45) is 7.45. The SMILES string of the molecule is CN(C)C(=O)[N+]1(C)C=CC=C1. The molecule has 1 aliphatic heterocycles. The third-order valence-electron chi connectivity index (χ3n) is 1.70. The molecule has 0 aromatic heterocycles. The number of quaternary nitrogens is 1. The predicted octanol–water partition coefficient (Wildman–Crippen LogP) is 1.16. The molecule has 0 aromatic rings. The van der Waals surface area contributed by atoms with E-state index in [0.29, 0.717) is 0 Å². The van der Waals surface area contributed by atoms with Crippen molar-refractivity contribution in [2.75, 3.05) is 21.1 Å². The summed E-state index contributed by atoms with van der Waals surface area (Å²) in [6, 6.07) is 0.0648. The third kappa shape index (κ3) is 1.33. The van der Waals surface area contributed by atoms with Gasteiger partial charge in [0.2, 0.25) is 0 Å². The van der Waals surface area contributed by atoms with Gasteiger partial charge in [-0.1, -0.05) is 0 Å². The van der Waals surface area contributed by atoms with Gasteiger partial charge in [-0.25, -0.2) is 4.79 Å². The zero-order valence-corrected chi connectivity index (χ0v) is 7.11. The molecule has 2 amide bonds. The van der Waals surface area contributed by atoms with Gasteiger partial charge in [-0.2, -0.15) is 4.48 Å². The molecule has 0 aromatic carbocycles. The van der Waals surface area contributed by atoms with E-state index in [4.69, 9.17) is 0 Å². The van der Waals surface area contributed by atoms with Crippen molar-refractivity contribution in [3.63, 3.8) is 0 Å². The van der Waals surface area contributed by atoms with Gasteiger partial charge >= 0.3 is 6.03 Å². The molecule has 1 heterocycles. The van der Waals surface area contributed by atoms with Crippen LogP contribution in [-0.2, 0) is 0 Å². The highest BCUT2D eigenvalue weighted by Crippen LogP contribution is 2.14. The van der Waals surface area contributed by atoms with Gasteiger partial charge in [0, 0.05) is 14.1 Å². The minimum absolute atomic E-state index is 0.0648. The molecule has 0 aliphatic carbocycles. The first kappa shape index (κ1) is 8.01. The Balaban J connectivity index is 2.82. The van der Waals surface area contributed by atoms with Crippen LogP contribution in [0.2, 0.25) is 0 Å². The van der Waals surface area contributed by atoms with Gasteiger partial charge in [0.05, 0.1) is 7.05 Å². The zero-order valence-electron chi connectivity index (χ0n) is 7.11. The van der Waals surface area contributed by atoms with Crippen LogP contribution in [0, 0.1) is 0 Å². The van der Waals surface area contributed by atoms with E-state index in [-0.39, 0.29) is 10.5 Å². The van der Waals surface area contributed by atoms with Crippen molar-refractivity contribution in [1.82, 2.24) is 4.90 Å². The Morgan fingerprint density at radius 2 is 1.73 bits per heavy atom. The summed E-state index contributed by atoms with van der Waals surface area (Å²) in [6.45, 7) is 0. The van der Waals surface area contributed by atoms with E-state index >= 15 is 0 Å². The van der Waals surface area contributed by atoms with Crippen LogP contribution >= 0.6 is 0 Å². The normalized spacial score (nSPS) is 18.8. The molecular weight excluding hydrogens is 140 g/mol. The average Bonchev–Trinajstić information content (AvgIpc) is 2.35. The Morgan fingerprint density at radius 3 is 2.09 bits per heavy atom. The molecule has 0 spiro atoms. The Bertz CT molecular complexity index is 216. The van der Waals surface area contributed by atoms with Gasteiger partial charge in [0.15, 0.2) is 0 Å². The molecule has 0 N–H and O–H groups in total. The summed E-state index contributed by atoms with van der Waals surface area (Å²) >= 11 is 0. The Morgan fingerprint density at radius 1 is 1.27 bits per heavy atom. The zero-order chi connectivity index (χ0) is 8.48.